The number of carbonyl (C=O) groups is 5. The van der Waals surface area contributed by atoms with E-state index in [-0.39, 0.29) is 31.5 Å². The summed E-state index contributed by atoms with van der Waals surface area (Å²) < 4.78 is 11.5. The fourth-order valence-electron chi connectivity index (χ4n) is 6.25. The Morgan fingerprint density at radius 3 is 2.38 bits per heavy atom. The minimum atomic E-state index is -1.15. The summed E-state index contributed by atoms with van der Waals surface area (Å²) in [6, 6.07) is 5.87. The van der Waals surface area contributed by atoms with E-state index in [2.05, 4.69) is 21.4 Å². The largest absolute Gasteiger partial charge is 0.446 e. The highest BCUT2D eigenvalue weighted by atomic mass is 16.7. The topological polar surface area (TPSA) is 164 Å². The third-order valence-corrected chi connectivity index (χ3v) is 8.96. The Morgan fingerprint density at radius 1 is 1.04 bits per heavy atom. The predicted molar refractivity (Wildman–Crippen MR) is 170 cm³/mol. The summed E-state index contributed by atoms with van der Waals surface area (Å²) in [4.78, 5) is 74.5. The molecule has 4 aliphatic rings. The molecule has 47 heavy (non-hydrogen) atoms. The summed E-state index contributed by atoms with van der Waals surface area (Å²) in [7, 11) is 0. The van der Waals surface area contributed by atoms with Crippen molar-refractivity contribution in [1.29, 1.82) is 0 Å². The average Bonchev–Trinajstić information content (AvgIpc) is 3.37. The molecule has 0 bridgehead atoms. The molecule has 2 aliphatic carbocycles. The molecule has 0 radical (unpaired) electrons. The van der Waals surface area contributed by atoms with Gasteiger partial charge >= 0.3 is 6.09 Å². The first-order chi connectivity index (χ1) is 22.4. The number of nitrogens with one attached hydrogen (secondary N) is 4. The van der Waals surface area contributed by atoms with Crippen molar-refractivity contribution in [3.05, 3.63) is 42.3 Å². The van der Waals surface area contributed by atoms with Gasteiger partial charge in [-0.15, -0.1) is 0 Å². The molecule has 4 atom stereocenters. The second-order valence-corrected chi connectivity index (χ2v) is 14.1. The van der Waals surface area contributed by atoms with Gasteiger partial charge in [0.15, 0.2) is 0 Å². The smallest absolute Gasteiger partial charge is 0.408 e. The average molecular weight is 654 g/mol. The molecule has 2 saturated carbocycles. The Morgan fingerprint density at radius 2 is 1.74 bits per heavy atom. The van der Waals surface area contributed by atoms with Crippen molar-refractivity contribution in [1.82, 2.24) is 26.3 Å². The van der Waals surface area contributed by atoms with Crippen LogP contribution in [0.2, 0.25) is 0 Å². The normalized spacial score (nSPS) is 23.8. The fourth-order valence-corrected chi connectivity index (χ4v) is 6.25. The number of rotatable bonds is 12. The Hall–Kier alpha value is -4.13. The van der Waals surface area contributed by atoms with Gasteiger partial charge in [0.25, 0.3) is 5.91 Å². The molecule has 1 saturated heterocycles. The van der Waals surface area contributed by atoms with Crippen LogP contribution < -0.4 is 26.2 Å². The molecule has 4 N–H and O–H groups in total. The second-order valence-electron chi connectivity index (χ2n) is 14.1. The molecule has 2 aliphatic heterocycles. The standard InChI is InChI=1S/C34H47N5O8/c1-5-11-24(27(40)30(42)35-21-16-17-21)36-29(41)25-18-34(19-26(38-47-34)45-22-12-7-6-8-13-22)20-39(25)31(43)28(33(2,3)4)37-32(44)46-23-14-9-10-15-23/h6-8,12-13,19,21,23-25,28,38H,5,9-11,14-18,20H2,1-4H3,(H,35,42)(H,36,41)(H,37,44)/t24-,25-,28+,34-/m0/s1. The van der Waals surface area contributed by atoms with Crippen LogP contribution >= 0.6 is 0 Å². The highest BCUT2D eigenvalue weighted by Crippen LogP contribution is 2.37. The van der Waals surface area contributed by atoms with Gasteiger partial charge in [0.1, 0.15) is 29.5 Å². The zero-order valence-corrected chi connectivity index (χ0v) is 27.6. The van der Waals surface area contributed by atoms with Crippen molar-refractivity contribution in [2.45, 2.75) is 121 Å². The summed E-state index contributed by atoms with van der Waals surface area (Å²) in [5.74, 6) is -1.69. The summed E-state index contributed by atoms with van der Waals surface area (Å²) in [6.45, 7) is 7.27. The number of benzene rings is 1. The van der Waals surface area contributed by atoms with Crippen molar-refractivity contribution < 1.29 is 38.3 Å². The fraction of sp³-hybridized carbons (Fsp3) is 0.618. The highest BCUT2D eigenvalue weighted by Gasteiger charge is 2.54. The van der Waals surface area contributed by atoms with Crippen LogP contribution in [-0.4, -0.2) is 76.9 Å². The van der Waals surface area contributed by atoms with Crippen molar-refractivity contribution >= 4 is 29.6 Å². The molecule has 4 amide bonds. The van der Waals surface area contributed by atoms with Gasteiger partial charge < -0.3 is 30.3 Å². The van der Waals surface area contributed by atoms with Gasteiger partial charge in [0, 0.05) is 18.5 Å². The second kappa shape index (κ2) is 14.3. The molecule has 5 rings (SSSR count). The lowest BCUT2D eigenvalue weighted by Gasteiger charge is -2.35. The number of alkyl carbamates (subject to hydrolysis) is 1. The van der Waals surface area contributed by atoms with E-state index in [1.807, 2.05) is 45.9 Å². The first-order valence-electron chi connectivity index (χ1n) is 16.7. The van der Waals surface area contributed by atoms with Crippen molar-refractivity contribution in [3.8, 4) is 5.75 Å². The van der Waals surface area contributed by atoms with Crippen molar-refractivity contribution in [2.75, 3.05) is 6.54 Å². The molecule has 1 aromatic rings. The summed E-state index contributed by atoms with van der Waals surface area (Å²) >= 11 is 0. The SMILES string of the molecule is CCC[C@H](NC(=O)[C@@H]1C[C@]2(C=C(Oc3ccccc3)NO2)CN1C(=O)[C@@H](NC(=O)OC1CCCC1)C(C)(C)C)C(=O)C(=O)NC1CC1. The van der Waals surface area contributed by atoms with E-state index in [1.165, 1.54) is 4.90 Å². The van der Waals surface area contributed by atoms with E-state index in [1.54, 1.807) is 18.2 Å². The molecular formula is C34H47N5O8. The number of ketones is 1. The first kappa shape index (κ1) is 34.2. The van der Waals surface area contributed by atoms with Crippen LogP contribution in [0.1, 0.15) is 85.5 Å². The maximum Gasteiger partial charge on any atom is 0.408 e. The van der Waals surface area contributed by atoms with Gasteiger partial charge in [-0.25, -0.2) is 10.3 Å². The number of para-hydroxylation sites is 1. The molecule has 2 heterocycles. The molecule has 256 valence electrons. The molecule has 1 aromatic carbocycles. The summed E-state index contributed by atoms with van der Waals surface area (Å²) in [5.41, 5.74) is 0.875. The van der Waals surface area contributed by atoms with Crippen LogP contribution in [0.25, 0.3) is 0 Å². The number of ether oxygens (including phenoxy) is 2. The number of hydroxylamine groups is 1. The minimum Gasteiger partial charge on any atom is -0.446 e. The number of nitrogens with zero attached hydrogens (tertiary/aromatic N) is 1. The third-order valence-electron chi connectivity index (χ3n) is 8.96. The lowest BCUT2D eigenvalue weighted by molar-refractivity contribution is -0.144. The van der Waals surface area contributed by atoms with Crippen LogP contribution in [0.5, 0.6) is 5.75 Å². The number of Topliss-reactive ketones (excluding diaryl/α,β-unsaturated/α-hetero) is 1. The van der Waals surface area contributed by atoms with E-state index in [0.717, 1.165) is 38.5 Å². The first-order valence-corrected chi connectivity index (χ1v) is 16.7. The van der Waals surface area contributed by atoms with Crippen molar-refractivity contribution in [3.63, 3.8) is 0 Å². The maximum absolute atomic E-state index is 14.4. The van der Waals surface area contributed by atoms with Crippen molar-refractivity contribution in [2.24, 2.45) is 5.41 Å². The Labute approximate surface area is 275 Å². The van der Waals surface area contributed by atoms with Gasteiger partial charge in [-0.05, 0) is 62.5 Å². The van der Waals surface area contributed by atoms with Gasteiger partial charge in [0.2, 0.25) is 23.5 Å². The highest BCUT2D eigenvalue weighted by molar-refractivity contribution is 6.38. The quantitative estimate of drug-likeness (QED) is 0.248. The predicted octanol–water partition coefficient (Wildman–Crippen LogP) is 3.00. The Balaban J connectivity index is 1.38. The Bertz CT molecular complexity index is 1370. The van der Waals surface area contributed by atoms with Crippen LogP contribution in [0, 0.1) is 5.41 Å². The number of carbonyl (C=O) groups excluding carboxylic acids is 5. The number of hydrogen-bond acceptors (Lipinski definition) is 9. The molecular weight excluding hydrogens is 606 g/mol. The van der Waals surface area contributed by atoms with Gasteiger partial charge in [0.05, 0.1) is 12.6 Å². The van der Waals surface area contributed by atoms with Crippen LogP contribution in [0.4, 0.5) is 4.79 Å². The maximum atomic E-state index is 14.4. The summed E-state index contributed by atoms with van der Waals surface area (Å²) in [6.07, 6.45) is 6.78. The van der Waals surface area contributed by atoms with E-state index >= 15 is 0 Å². The molecule has 0 unspecified atom stereocenters. The van der Waals surface area contributed by atoms with E-state index in [4.69, 9.17) is 14.3 Å². The van der Waals surface area contributed by atoms with Crippen LogP contribution in [-0.2, 0) is 28.8 Å². The van der Waals surface area contributed by atoms with Gasteiger partial charge in [-0.1, -0.05) is 52.3 Å². The molecule has 3 fully saturated rings. The minimum absolute atomic E-state index is 0.0134. The van der Waals surface area contributed by atoms with Crippen LogP contribution in [0.15, 0.2) is 42.3 Å². The zero-order valence-electron chi connectivity index (χ0n) is 27.6. The molecule has 13 nitrogen and oxygen atoms in total. The van der Waals surface area contributed by atoms with Crippen LogP contribution in [0.3, 0.4) is 0 Å². The van der Waals surface area contributed by atoms with Gasteiger partial charge in [-0.3, -0.25) is 24.0 Å². The number of likely N-dealkylation sites (tertiary alicyclic amines) is 1. The molecule has 1 spiro atoms. The number of amides is 4. The molecule has 0 aromatic heterocycles. The van der Waals surface area contributed by atoms with E-state index in [0.29, 0.717) is 18.1 Å². The zero-order chi connectivity index (χ0) is 33.8. The lowest BCUT2D eigenvalue weighted by atomic mass is 9.85. The van der Waals surface area contributed by atoms with Gasteiger partial charge in [-0.2, -0.15) is 0 Å². The Kier molecular flexibility index (Phi) is 10.4. The number of hydrogen-bond donors (Lipinski definition) is 4. The third kappa shape index (κ3) is 8.62. The lowest BCUT2D eigenvalue weighted by Crippen LogP contribution is -2.59. The van der Waals surface area contributed by atoms with E-state index in [9.17, 15) is 24.0 Å². The summed E-state index contributed by atoms with van der Waals surface area (Å²) in [5, 5.41) is 8.23. The van der Waals surface area contributed by atoms with E-state index < -0.39 is 58.7 Å². The molecule has 13 heteroatoms. The monoisotopic (exact) mass is 653 g/mol.